The second-order valence-electron chi connectivity index (χ2n) is 8.05. The summed E-state index contributed by atoms with van der Waals surface area (Å²) < 4.78 is 0. The number of carbonyl (C=O) groups excluding carboxylic acids is 2. The molecule has 0 unspecified atom stereocenters. The predicted molar refractivity (Wildman–Crippen MR) is 123 cm³/mol. The third kappa shape index (κ3) is 5.54. The highest BCUT2D eigenvalue weighted by Gasteiger charge is 2.26. The van der Waals surface area contributed by atoms with E-state index in [9.17, 15) is 9.59 Å². The van der Waals surface area contributed by atoms with Gasteiger partial charge in [-0.05, 0) is 55.7 Å². The van der Waals surface area contributed by atoms with Crippen LogP contribution in [0.5, 0.6) is 0 Å². The highest BCUT2D eigenvalue weighted by atomic mass is 35.5. The third-order valence-electron chi connectivity index (χ3n) is 5.83. The minimum Gasteiger partial charge on any atom is -0.353 e. The van der Waals surface area contributed by atoms with Gasteiger partial charge in [0.05, 0.1) is 12.1 Å². The molecule has 0 bridgehead atoms. The first kappa shape index (κ1) is 21.6. The van der Waals surface area contributed by atoms with Crippen LogP contribution in [0.15, 0.2) is 42.6 Å². The van der Waals surface area contributed by atoms with Gasteiger partial charge < -0.3 is 15.1 Å². The van der Waals surface area contributed by atoms with Crippen molar-refractivity contribution in [1.82, 2.24) is 14.8 Å². The molecule has 2 aromatic rings. The first-order valence-corrected chi connectivity index (χ1v) is 11.2. The summed E-state index contributed by atoms with van der Waals surface area (Å²) in [7, 11) is 0. The molecule has 2 aliphatic heterocycles. The van der Waals surface area contributed by atoms with E-state index >= 15 is 0 Å². The fourth-order valence-electron chi connectivity index (χ4n) is 4.14. The van der Waals surface area contributed by atoms with Gasteiger partial charge in [-0.3, -0.25) is 14.5 Å². The van der Waals surface area contributed by atoms with Crippen LogP contribution in [0.2, 0.25) is 5.02 Å². The van der Waals surface area contributed by atoms with Crippen LogP contribution in [0, 0.1) is 0 Å². The first-order chi connectivity index (χ1) is 15.1. The molecule has 164 valence electrons. The summed E-state index contributed by atoms with van der Waals surface area (Å²) in [4.78, 5) is 36.2. The molecule has 2 fully saturated rings. The number of halogens is 1. The molecule has 1 aromatic carbocycles. The summed E-state index contributed by atoms with van der Waals surface area (Å²) in [5, 5.41) is 3.54. The number of rotatable bonds is 5. The molecule has 8 heteroatoms. The average Bonchev–Trinajstić information content (AvgIpc) is 2.81. The van der Waals surface area contributed by atoms with E-state index in [2.05, 4.69) is 20.1 Å². The van der Waals surface area contributed by atoms with Crippen molar-refractivity contribution in [1.29, 1.82) is 0 Å². The van der Waals surface area contributed by atoms with Gasteiger partial charge >= 0.3 is 0 Å². The minimum absolute atomic E-state index is 0.0467. The highest BCUT2D eigenvalue weighted by Crippen LogP contribution is 2.22. The van der Waals surface area contributed by atoms with Crippen molar-refractivity contribution in [3.63, 3.8) is 0 Å². The number of likely N-dealkylation sites (tertiary alicyclic amines) is 1. The van der Waals surface area contributed by atoms with E-state index in [4.69, 9.17) is 11.6 Å². The zero-order valence-electron chi connectivity index (χ0n) is 17.6. The molecule has 2 aliphatic rings. The molecule has 2 amide bonds. The number of hydrogen-bond donors (Lipinski definition) is 1. The fourth-order valence-corrected chi connectivity index (χ4v) is 4.26. The Labute approximate surface area is 188 Å². The van der Waals surface area contributed by atoms with Crippen LogP contribution in [0.25, 0.3) is 0 Å². The molecule has 31 heavy (non-hydrogen) atoms. The minimum atomic E-state index is -0.0467. The van der Waals surface area contributed by atoms with Crippen molar-refractivity contribution < 1.29 is 9.59 Å². The van der Waals surface area contributed by atoms with Crippen LogP contribution in [0.4, 0.5) is 11.5 Å². The maximum atomic E-state index is 13.1. The fraction of sp³-hybridized carbons (Fsp3) is 0.435. The van der Waals surface area contributed by atoms with Gasteiger partial charge in [0.25, 0.3) is 5.91 Å². The molecular weight excluding hydrogens is 414 g/mol. The molecular formula is C23H28ClN5O2. The van der Waals surface area contributed by atoms with Crippen molar-refractivity contribution in [2.24, 2.45) is 0 Å². The third-order valence-corrected chi connectivity index (χ3v) is 6.08. The number of amides is 2. The lowest BCUT2D eigenvalue weighted by Gasteiger charge is -2.36. The lowest BCUT2D eigenvalue weighted by molar-refractivity contribution is -0.117. The van der Waals surface area contributed by atoms with Gasteiger partial charge in [0.1, 0.15) is 5.82 Å². The van der Waals surface area contributed by atoms with E-state index < -0.39 is 0 Å². The number of nitrogens with one attached hydrogen (secondary N) is 1. The summed E-state index contributed by atoms with van der Waals surface area (Å²) in [6.07, 6.45) is 5.07. The Morgan fingerprint density at radius 2 is 1.65 bits per heavy atom. The van der Waals surface area contributed by atoms with Crippen molar-refractivity contribution >= 4 is 34.9 Å². The molecule has 1 N–H and O–H groups in total. The van der Waals surface area contributed by atoms with E-state index in [1.54, 1.807) is 30.5 Å². The van der Waals surface area contributed by atoms with Crippen molar-refractivity contribution in [2.45, 2.75) is 19.3 Å². The van der Waals surface area contributed by atoms with Crippen LogP contribution in [-0.4, -0.2) is 72.4 Å². The SMILES string of the molecule is O=C(CN1CCN(c2ncccc2C(=O)N2CCCCC2)CC1)Nc1ccc(Cl)cc1. The number of nitrogens with zero attached hydrogens (tertiary/aromatic N) is 4. The number of anilines is 2. The van der Waals surface area contributed by atoms with Crippen LogP contribution in [0.1, 0.15) is 29.6 Å². The second kappa shape index (κ2) is 10.1. The number of aromatic nitrogens is 1. The van der Waals surface area contributed by atoms with Crippen molar-refractivity contribution in [3.05, 3.63) is 53.2 Å². The van der Waals surface area contributed by atoms with Gasteiger partial charge in [0.2, 0.25) is 5.91 Å². The van der Waals surface area contributed by atoms with E-state index in [0.717, 1.165) is 63.6 Å². The summed E-state index contributed by atoms with van der Waals surface area (Å²) in [6.45, 7) is 4.91. The number of piperidine rings is 1. The van der Waals surface area contributed by atoms with Crippen LogP contribution < -0.4 is 10.2 Å². The van der Waals surface area contributed by atoms with Gasteiger partial charge in [-0.25, -0.2) is 4.98 Å². The Hall–Kier alpha value is -2.64. The molecule has 2 saturated heterocycles. The molecule has 0 aliphatic carbocycles. The van der Waals surface area contributed by atoms with Crippen LogP contribution in [-0.2, 0) is 4.79 Å². The van der Waals surface area contributed by atoms with E-state index in [-0.39, 0.29) is 11.8 Å². The van der Waals surface area contributed by atoms with Gasteiger partial charge in [-0.2, -0.15) is 0 Å². The Balaban J connectivity index is 1.33. The normalized spacial score (nSPS) is 17.5. The average molecular weight is 442 g/mol. The Morgan fingerprint density at radius 3 is 2.35 bits per heavy atom. The number of pyridine rings is 1. The van der Waals surface area contributed by atoms with Gasteiger partial charge in [-0.1, -0.05) is 11.6 Å². The number of benzene rings is 1. The maximum absolute atomic E-state index is 13.1. The summed E-state index contributed by atoms with van der Waals surface area (Å²) in [5.41, 5.74) is 1.42. The monoisotopic (exact) mass is 441 g/mol. The highest BCUT2D eigenvalue weighted by molar-refractivity contribution is 6.30. The molecule has 3 heterocycles. The molecule has 4 rings (SSSR count). The largest absolute Gasteiger partial charge is 0.353 e. The Kier molecular flexibility index (Phi) is 7.04. The quantitative estimate of drug-likeness (QED) is 0.772. The zero-order chi connectivity index (χ0) is 21.6. The number of carbonyl (C=O) groups is 2. The summed E-state index contributed by atoms with van der Waals surface area (Å²) in [5.74, 6) is 0.783. The first-order valence-electron chi connectivity index (χ1n) is 10.9. The second-order valence-corrected chi connectivity index (χ2v) is 8.48. The predicted octanol–water partition coefficient (Wildman–Crippen LogP) is 3.12. The van der Waals surface area contributed by atoms with Crippen LogP contribution in [0.3, 0.4) is 0 Å². The molecule has 0 spiro atoms. The Bertz CT molecular complexity index is 906. The van der Waals surface area contributed by atoms with E-state index in [0.29, 0.717) is 17.1 Å². The van der Waals surface area contributed by atoms with Crippen LogP contribution >= 0.6 is 11.6 Å². The van der Waals surface area contributed by atoms with Gasteiger partial charge in [-0.15, -0.1) is 0 Å². The summed E-state index contributed by atoms with van der Waals surface area (Å²) in [6, 6.07) is 10.8. The van der Waals surface area contributed by atoms with E-state index in [1.807, 2.05) is 17.0 Å². The van der Waals surface area contributed by atoms with Gasteiger partial charge in [0.15, 0.2) is 0 Å². The standard InChI is InChI=1S/C23H28ClN5O2/c24-18-6-8-19(9-7-18)26-21(30)17-27-13-15-28(16-14-27)22-20(5-4-10-25-22)23(31)29-11-2-1-3-12-29/h4-10H,1-3,11-17H2,(H,26,30). The molecule has 7 nitrogen and oxygen atoms in total. The zero-order valence-corrected chi connectivity index (χ0v) is 18.4. The topological polar surface area (TPSA) is 68.8 Å². The number of hydrogen-bond acceptors (Lipinski definition) is 5. The van der Waals surface area contributed by atoms with Crippen molar-refractivity contribution in [3.8, 4) is 0 Å². The maximum Gasteiger partial charge on any atom is 0.257 e. The van der Waals surface area contributed by atoms with E-state index in [1.165, 1.54) is 6.42 Å². The Morgan fingerprint density at radius 1 is 0.935 bits per heavy atom. The molecule has 0 radical (unpaired) electrons. The lowest BCUT2D eigenvalue weighted by atomic mass is 10.1. The number of piperazine rings is 1. The smallest absolute Gasteiger partial charge is 0.257 e. The summed E-state index contributed by atoms with van der Waals surface area (Å²) >= 11 is 5.89. The lowest BCUT2D eigenvalue weighted by Crippen LogP contribution is -2.49. The molecule has 1 aromatic heterocycles. The van der Waals surface area contributed by atoms with Gasteiger partial charge in [0, 0.05) is 56.2 Å². The molecule has 0 atom stereocenters. The molecule has 0 saturated carbocycles. The van der Waals surface area contributed by atoms with Crippen molar-refractivity contribution in [2.75, 3.05) is 56.0 Å².